The van der Waals surface area contributed by atoms with E-state index in [1.807, 2.05) is 84.1 Å². The molecule has 0 radical (unpaired) electrons. The Labute approximate surface area is 731 Å². The molecule has 0 N–H and O–H groups in total. The Bertz CT molecular complexity index is 8440. The first-order valence-electron chi connectivity index (χ1n) is 42.9. The number of rotatable bonds is 9. The van der Waals surface area contributed by atoms with Crippen LogP contribution in [0, 0.1) is 0 Å². The van der Waals surface area contributed by atoms with Crippen LogP contribution in [0.2, 0.25) is 0 Å². The second-order valence-corrected chi connectivity index (χ2v) is 34.9. The highest BCUT2D eigenvalue weighted by Gasteiger charge is 2.40. The molecular formula is C115H78N10S. The Balaban J connectivity index is 0.000000106. The fraction of sp³-hybridized carbons (Fsp3) is 0.0522. The number of para-hydroxylation sites is 5. The minimum absolute atomic E-state index is 0.0999. The van der Waals surface area contributed by atoms with Crippen molar-refractivity contribution in [2.75, 3.05) is 0 Å². The lowest BCUT2D eigenvalue weighted by Gasteiger charge is -2.22. The Morgan fingerprint density at radius 1 is 0.222 bits per heavy atom. The smallest absolute Gasteiger partial charge is 0.238 e. The summed E-state index contributed by atoms with van der Waals surface area (Å²) in [6.45, 7) is 9.35. The van der Waals surface area contributed by atoms with Gasteiger partial charge in [-0.05, 0) is 127 Å². The normalized spacial score (nSPS) is 12.9. The Kier molecular flexibility index (Phi) is 17.3. The van der Waals surface area contributed by atoms with E-state index in [1.165, 1.54) is 119 Å². The molecule has 24 aromatic rings. The third kappa shape index (κ3) is 11.9. The molecule has 10 nitrogen and oxygen atoms in total. The van der Waals surface area contributed by atoms with Gasteiger partial charge in [0.25, 0.3) is 0 Å². The minimum atomic E-state index is -0.135. The van der Waals surface area contributed by atoms with E-state index in [0.717, 1.165) is 88.5 Å². The van der Waals surface area contributed by atoms with Crippen LogP contribution in [-0.2, 0) is 10.8 Å². The van der Waals surface area contributed by atoms with Crippen molar-refractivity contribution in [2.24, 2.45) is 0 Å². The fourth-order valence-corrected chi connectivity index (χ4v) is 21.2. The molecule has 2 aliphatic rings. The Hall–Kier alpha value is -16.0. The average molecular weight is 1630 g/mol. The molecule has 2 aliphatic carbocycles. The SMILES string of the molecule is CC1(C)c2ccccc2-c2cc3c4ccccc4n(-c4nc(-c5ccc(-c6ccccc6)cc5)c5ccccc5n4)c3cc21.CC1(C)c2ccccc2-c2ccc3c(c21)c1ccccc1n3-c1nc(-c2ccccc2)nc(-c2ccccc2)n1.c1ccc(-c2ccc(-c3nc(-n4c5ccccc5c5c6sc7ccccc7c6ccc54)nc4ccccc34)cc2)cc1. The first-order chi connectivity index (χ1) is 62.0. The van der Waals surface area contributed by atoms with Gasteiger partial charge in [0.2, 0.25) is 17.8 Å². The molecule has 26 rings (SSSR count). The molecule has 7 heterocycles. The molecule has 0 saturated carbocycles. The van der Waals surface area contributed by atoms with Crippen molar-refractivity contribution >= 4 is 119 Å². The highest BCUT2D eigenvalue weighted by molar-refractivity contribution is 7.26. The summed E-state index contributed by atoms with van der Waals surface area (Å²) in [5.41, 5.74) is 29.7. The van der Waals surface area contributed by atoms with E-state index in [1.54, 1.807) is 0 Å². The zero-order valence-corrected chi connectivity index (χ0v) is 70.3. The van der Waals surface area contributed by atoms with Crippen LogP contribution in [-0.4, -0.2) is 48.6 Å². The number of fused-ring (bicyclic) bond motifs is 22. The minimum Gasteiger partial charge on any atom is -0.278 e. The maximum atomic E-state index is 5.34. The lowest BCUT2D eigenvalue weighted by atomic mass is 9.80. The topological polar surface area (TPSA) is 105 Å². The molecule has 126 heavy (non-hydrogen) atoms. The van der Waals surface area contributed by atoms with Gasteiger partial charge in [-0.2, -0.15) is 9.97 Å². The van der Waals surface area contributed by atoms with Gasteiger partial charge in [0.15, 0.2) is 11.6 Å². The summed E-state index contributed by atoms with van der Waals surface area (Å²) in [4.78, 5) is 36.1. The highest BCUT2D eigenvalue weighted by Crippen LogP contribution is 2.55. The molecule has 17 aromatic carbocycles. The molecular weight excluding hydrogens is 1550 g/mol. The van der Waals surface area contributed by atoms with E-state index in [4.69, 9.17) is 34.9 Å². The van der Waals surface area contributed by atoms with Crippen molar-refractivity contribution in [3.05, 3.63) is 423 Å². The third-order valence-electron chi connectivity index (χ3n) is 25.9. The third-order valence-corrected chi connectivity index (χ3v) is 27.1. The summed E-state index contributed by atoms with van der Waals surface area (Å²) in [6, 6.07) is 141. The van der Waals surface area contributed by atoms with Crippen LogP contribution < -0.4 is 0 Å². The second kappa shape index (κ2) is 29.4. The van der Waals surface area contributed by atoms with Crippen molar-refractivity contribution in [2.45, 2.75) is 38.5 Å². The average Bonchev–Trinajstić information content (AvgIpc) is 1.55. The van der Waals surface area contributed by atoms with E-state index in [0.29, 0.717) is 29.5 Å². The van der Waals surface area contributed by atoms with Crippen molar-refractivity contribution in [1.29, 1.82) is 0 Å². The number of aromatic nitrogens is 10. The number of nitrogens with zero attached hydrogens (tertiary/aromatic N) is 10. The molecule has 0 unspecified atom stereocenters. The molecule has 0 fully saturated rings. The van der Waals surface area contributed by atoms with Gasteiger partial charge in [-0.1, -0.05) is 367 Å². The van der Waals surface area contributed by atoms with Gasteiger partial charge in [0, 0.05) is 96.3 Å². The summed E-state index contributed by atoms with van der Waals surface area (Å²) in [7, 11) is 0. The van der Waals surface area contributed by atoms with E-state index in [2.05, 4.69) is 369 Å². The summed E-state index contributed by atoms with van der Waals surface area (Å²) in [5, 5.41) is 12.1. The van der Waals surface area contributed by atoms with Crippen molar-refractivity contribution in [3.63, 3.8) is 0 Å². The van der Waals surface area contributed by atoms with E-state index < -0.39 is 0 Å². The van der Waals surface area contributed by atoms with Crippen molar-refractivity contribution in [1.82, 2.24) is 48.6 Å². The molecule has 0 aliphatic heterocycles. The van der Waals surface area contributed by atoms with Gasteiger partial charge in [-0.3, -0.25) is 13.7 Å². The quantitative estimate of drug-likeness (QED) is 0.142. The molecule has 0 amide bonds. The molecule has 0 saturated heterocycles. The zero-order valence-electron chi connectivity index (χ0n) is 69.5. The maximum Gasteiger partial charge on any atom is 0.238 e. The van der Waals surface area contributed by atoms with Crippen molar-refractivity contribution in [3.8, 4) is 108 Å². The number of benzene rings is 17. The van der Waals surface area contributed by atoms with E-state index in [9.17, 15) is 0 Å². The lowest BCUT2D eigenvalue weighted by Crippen LogP contribution is -2.15. The monoisotopic (exact) mass is 1630 g/mol. The lowest BCUT2D eigenvalue weighted by molar-refractivity contribution is 0.661. The van der Waals surface area contributed by atoms with Crippen LogP contribution in [0.25, 0.3) is 215 Å². The van der Waals surface area contributed by atoms with Gasteiger partial charge in [-0.15, -0.1) is 11.3 Å². The van der Waals surface area contributed by atoms with Gasteiger partial charge in [0.1, 0.15) is 0 Å². The van der Waals surface area contributed by atoms with E-state index in [-0.39, 0.29) is 10.8 Å². The highest BCUT2D eigenvalue weighted by atomic mass is 32.1. The summed E-state index contributed by atoms with van der Waals surface area (Å²) in [5.74, 6) is 3.30. The van der Waals surface area contributed by atoms with Crippen LogP contribution in [0.15, 0.2) is 400 Å². The molecule has 11 heteroatoms. The zero-order chi connectivity index (χ0) is 83.9. The van der Waals surface area contributed by atoms with E-state index >= 15 is 0 Å². The predicted molar refractivity (Wildman–Crippen MR) is 523 cm³/mol. The molecule has 0 atom stereocenters. The first kappa shape index (κ1) is 73.9. The van der Waals surface area contributed by atoms with Crippen molar-refractivity contribution < 1.29 is 0 Å². The fourth-order valence-electron chi connectivity index (χ4n) is 19.9. The number of thiophene rings is 1. The van der Waals surface area contributed by atoms with Crippen LogP contribution in [0.3, 0.4) is 0 Å². The van der Waals surface area contributed by atoms with Crippen LogP contribution >= 0.6 is 11.3 Å². The van der Waals surface area contributed by atoms with Crippen LogP contribution in [0.5, 0.6) is 0 Å². The maximum absolute atomic E-state index is 5.34. The Morgan fingerprint density at radius 2 is 0.611 bits per heavy atom. The number of hydrogen-bond donors (Lipinski definition) is 0. The Morgan fingerprint density at radius 3 is 1.16 bits per heavy atom. The summed E-state index contributed by atoms with van der Waals surface area (Å²) in [6.07, 6.45) is 0. The summed E-state index contributed by atoms with van der Waals surface area (Å²) >= 11 is 1.86. The van der Waals surface area contributed by atoms with Gasteiger partial charge >= 0.3 is 0 Å². The largest absolute Gasteiger partial charge is 0.278 e. The molecule has 594 valence electrons. The standard InChI is InChI=1S/C41H29N3.C38H23N3S.C36H26N4/c1-41(2)34-17-9-6-14-29(34)32-24-33-30-15-8-11-19-37(30)44(38(33)25-35(32)41)40-42-36-18-10-7-16-31(36)39(43-40)28-22-20-27(21-23-28)26-12-4-3-5-13-26;1-2-10-24(11-3-1)25-18-20-26(21-19-25)36-29-13-4-7-15-31(29)39-38(40-36)41-32-16-8-5-14-30(32)35-33(41)23-22-28-27-12-6-9-17-34(27)42-37(28)35;1-36(2)28-19-11-9-17-25(28)26-21-22-30-31(32(26)36)27-18-10-12-20-29(27)40(30)35-38-33(23-13-5-3-6-14-23)37-34(39-35)24-15-7-4-8-16-24/h3-25H,1-2H3;1-23H;3-22H,1-2H3. The molecule has 7 aromatic heterocycles. The number of hydrogen-bond acceptors (Lipinski definition) is 8. The van der Waals surface area contributed by atoms with Gasteiger partial charge in [0.05, 0.1) is 55.5 Å². The van der Waals surface area contributed by atoms with Gasteiger partial charge in [-0.25, -0.2) is 24.9 Å². The predicted octanol–water partition coefficient (Wildman–Crippen LogP) is 29.4. The van der Waals surface area contributed by atoms with Crippen LogP contribution in [0.1, 0.15) is 49.9 Å². The van der Waals surface area contributed by atoms with Gasteiger partial charge < -0.3 is 0 Å². The van der Waals surface area contributed by atoms with Crippen LogP contribution in [0.4, 0.5) is 0 Å². The molecule has 0 spiro atoms. The molecule has 0 bridgehead atoms. The second-order valence-electron chi connectivity index (χ2n) is 33.8. The first-order valence-corrected chi connectivity index (χ1v) is 43.7. The summed E-state index contributed by atoms with van der Waals surface area (Å²) < 4.78 is 9.33.